The summed E-state index contributed by atoms with van der Waals surface area (Å²) in [4.78, 5) is 48.8. The molecule has 2 aromatic carbocycles. The number of Topliss-reactive ketones (excluding diaryl/α,β-unsaturated/α-hetero) is 1. The van der Waals surface area contributed by atoms with Gasteiger partial charge in [-0.2, -0.15) is 4.98 Å². The summed E-state index contributed by atoms with van der Waals surface area (Å²) in [6.07, 6.45) is 1.31. The van der Waals surface area contributed by atoms with Crippen LogP contribution in [0.4, 0.5) is 10.4 Å². The van der Waals surface area contributed by atoms with Gasteiger partial charge in [-0.3, -0.25) is 14.4 Å². The van der Waals surface area contributed by atoms with E-state index in [2.05, 4.69) is 20.4 Å². The quantitative estimate of drug-likeness (QED) is 0.335. The summed E-state index contributed by atoms with van der Waals surface area (Å²) in [5.41, 5.74) is 1.19. The topological polar surface area (TPSA) is 124 Å². The van der Waals surface area contributed by atoms with Crippen molar-refractivity contribution in [3.05, 3.63) is 65.6 Å². The summed E-state index contributed by atoms with van der Waals surface area (Å²) >= 11 is 0. The van der Waals surface area contributed by atoms with E-state index in [4.69, 9.17) is 4.52 Å². The Kier molecular flexibility index (Phi) is 5.73. The molecule has 3 heterocycles. The van der Waals surface area contributed by atoms with E-state index in [1.165, 1.54) is 23.2 Å². The maximum absolute atomic E-state index is 14.8. The molecule has 0 atom stereocenters. The zero-order chi connectivity index (χ0) is 24.5. The third-order valence-electron chi connectivity index (χ3n) is 5.98. The summed E-state index contributed by atoms with van der Waals surface area (Å²) in [5.74, 6) is -2.17. The molecule has 0 saturated carbocycles. The molecule has 5 rings (SSSR count). The number of carbonyl (C=O) groups is 3. The molecular formula is C24H21FN6O4. The second-order valence-electron chi connectivity index (χ2n) is 8.00. The van der Waals surface area contributed by atoms with Crippen LogP contribution in [0.3, 0.4) is 0 Å². The number of halogens is 1. The summed E-state index contributed by atoms with van der Waals surface area (Å²) in [6.45, 7) is 0.999. The predicted octanol–water partition coefficient (Wildman–Crippen LogP) is 2.57. The first-order chi connectivity index (χ1) is 17.0. The number of benzene rings is 2. The zero-order valence-corrected chi connectivity index (χ0v) is 18.7. The van der Waals surface area contributed by atoms with Crippen LogP contribution in [0.2, 0.25) is 0 Å². The molecule has 0 aliphatic carbocycles. The molecule has 0 unspecified atom stereocenters. The van der Waals surface area contributed by atoms with Gasteiger partial charge in [0.1, 0.15) is 5.82 Å². The second kappa shape index (κ2) is 9.01. The minimum atomic E-state index is -0.834. The number of hydrogen-bond acceptors (Lipinski definition) is 7. The Morgan fingerprint density at radius 2 is 1.74 bits per heavy atom. The monoisotopic (exact) mass is 476 g/mol. The van der Waals surface area contributed by atoms with Crippen molar-refractivity contribution in [1.29, 1.82) is 0 Å². The summed E-state index contributed by atoms with van der Waals surface area (Å²) in [6, 6.07) is 11.7. The number of fused-ring (bicyclic) bond motifs is 1. The number of piperazine rings is 1. The van der Waals surface area contributed by atoms with Gasteiger partial charge >= 0.3 is 6.01 Å². The molecule has 0 radical (unpaired) electrons. The Hall–Kier alpha value is -4.54. The Bertz CT molecular complexity index is 1420. The van der Waals surface area contributed by atoms with Crippen LogP contribution < -0.4 is 5.32 Å². The van der Waals surface area contributed by atoms with Crippen molar-refractivity contribution in [3.8, 4) is 11.4 Å². The van der Waals surface area contributed by atoms with Gasteiger partial charge in [-0.05, 0) is 24.3 Å². The molecule has 0 spiro atoms. The molecule has 2 amide bonds. The highest BCUT2D eigenvalue weighted by atomic mass is 19.1. The maximum atomic E-state index is 14.8. The summed E-state index contributed by atoms with van der Waals surface area (Å²) in [5, 5.41) is 6.56. The summed E-state index contributed by atoms with van der Waals surface area (Å²) in [7, 11) is 1.62. The van der Waals surface area contributed by atoms with Gasteiger partial charge in [0.2, 0.25) is 5.82 Å². The zero-order valence-electron chi connectivity index (χ0n) is 18.7. The van der Waals surface area contributed by atoms with E-state index < -0.39 is 17.5 Å². The SMILES string of the molecule is CNc1nc(-c2ccc(F)c3c(C(=O)C(=O)N4CCN(C(=O)c5ccccc5)CC4)c[nH]c23)no1. The number of nitrogens with one attached hydrogen (secondary N) is 2. The first-order valence-electron chi connectivity index (χ1n) is 11.0. The lowest BCUT2D eigenvalue weighted by Gasteiger charge is -2.34. The molecule has 178 valence electrons. The predicted molar refractivity (Wildman–Crippen MR) is 124 cm³/mol. The number of H-pyrrole nitrogens is 1. The van der Waals surface area contributed by atoms with Gasteiger partial charge in [0.05, 0.1) is 11.1 Å². The number of carbonyl (C=O) groups excluding carboxylic acids is 3. The number of aromatic amines is 1. The number of amides is 2. The molecule has 4 aromatic rings. The average molecular weight is 476 g/mol. The summed E-state index contributed by atoms with van der Waals surface area (Å²) < 4.78 is 19.8. The highest BCUT2D eigenvalue weighted by molar-refractivity contribution is 6.45. The lowest BCUT2D eigenvalue weighted by molar-refractivity contribution is -0.127. The number of hydrogen-bond donors (Lipinski definition) is 2. The fraction of sp³-hybridized carbons (Fsp3) is 0.208. The maximum Gasteiger partial charge on any atom is 0.321 e. The highest BCUT2D eigenvalue weighted by Gasteiger charge is 2.31. The van der Waals surface area contributed by atoms with Crippen molar-refractivity contribution in [2.45, 2.75) is 0 Å². The number of nitrogens with zero attached hydrogens (tertiary/aromatic N) is 4. The molecule has 11 heteroatoms. The molecule has 1 aliphatic rings. The van der Waals surface area contributed by atoms with Crippen LogP contribution >= 0.6 is 0 Å². The number of anilines is 1. The molecule has 10 nitrogen and oxygen atoms in total. The van der Waals surface area contributed by atoms with E-state index in [0.717, 1.165) is 0 Å². The lowest BCUT2D eigenvalue weighted by Crippen LogP contribution is -2.52. The van der Waals surface area contributed by atoms with Crippen molar-refractivity contribution in [1.82, 2.24) is 24.9 Å². The standard InChI is InChI=1S/C24H21FN6O4/c1-26-24-28-21(29-35-24)15-7-8-17(25)18-16(13-27-19(15)18)20(32)23(34)31-11-9-30(10-12-31)22(33)14-5-3-2-4-6-14/h2-8,13,27H,9-12H2,1H3,(H,26,28,29). The van der Waals surface area contributed by atoms with Crippen molar-refractivity contribution < 1.29 is 23.3 Å². The number of ketones is 1. The highest BCUT2D eigenvalue weighted by Crippen LogP contribution is 2.31. The lowest BCUT2D eigenvalue weighted by atomic mass is 10.0. The normalized spacial score (nSPS) is 13.8. The van der Waals surface area contributed by atoms with Crippen molar-refractivity contribution in [2.75, 3.05) is 38.5 Å². The van der Waals surface area contributed by atoms with Gasteiger partial charge < -0.3 is 24.6 Å². The molecular weight excluding hydrogens is 455 g/mol. The molecule has 2 N–H and O–H groups in total. The number of aromatic nitrogens is 3. The Labute approximate surface area is 198 Å². The third-order valence-corrected chi connectivity index (χ3v) is 5.98. The van der Waals surface area contributed by atoms with Gasteiger partial charge in [0.15, 0.2) is 0 Å². The van der Waals surface area contributed by atoms with Gasteiger partial charge in [0, 0.05) is 55.9 Å². The van der Waals surface area contributed by atoms with Gasteiger partial charge in [-0.15, -0.1) is 0 Å². The Morgan fingerprint density at radius 3 is 2.43 bits per heavy atom. The molecule has 1 fully saturated rings. The van der Waals surface area contributed by atoms with Crippen LogP contribution in [0, 0.1) is 5.82 Å². The van der Waals surface area contributed by atoms with Crippen LogP contribution in [0.5, 0.6) is 0 Å². The number of rotatable bonds is 5. The smallest absolute Gasteiger partial charge is 0.321 e. The van der Waals surface area contributed by atoms with E-state index in [1.807, 2.05) is 6.07 Å². The van der Waals surface area contributed by atoms with Crippen LogP contribution in [0.25, 0.3) is 22.3 Å². The first-order valence-corrected chi connectivity index (χ1v) is 11.0. The van der Waals surface area contributed by atoms with Crippen LogP contribution in [-0.2, 0) is 4.79 Å². The van der Waals surface area contributed by atoms with Gasteiger partial charge in [-0.1, -0.05) is 23.4 Å². The van der Waals surface area contributed by atoms with Gasteiger partial charge in [-0.25, -0.2) is 4.39 Å². The van der Waals surface area contributed by atoms with E-state index in [1.54, 1.807) is 36.2 Å². The fourth-order valence-corrected chi connectivity index (χ4v) is 4.14. The van der Waals surface area contributed by atoms with Crippen molar-refractivity contribution in [3.63, 3.8) is 0 Å². The minimum Gasteiger partial charge on any atom is -0.360 e. The second-order valence-corrected chi connectivity index (χ2v) is 8.00. The van der Waals surface area contributed by atoms with E-state index in [0.29, 0.717) is 24.2 Å². The fourth-order valence-electron chi connectivity index (χ4n) is 4.14. The Morgan fingerprint density at radius 1 is 1.03 bits per heavy atom. The molecule has 35 heavy (non-hydrogen) atoms. The van der Waals surface area contributed by atoms with Crippen molar-refractivity contribution in [2.24, 2.45) is 0 Å². The molecule has 1 saturated heterocycles. The van der Waals surface area contributed by atoms with Crippen LogP contribution in [-0.4, -0.2) is 75.7 Å². The van der Waals surface area contributed by atoms with Crippen LogP contribution in [0.1, 0.15) is 20.7 Å². The molecule has 0 bridgehead atoms. The molecule has 1 aliphatic heterocycles. The first kappa shape index (κ1) is 22.3. The minimum absolute atomic E-state index is 0.0189. The largest absolute Gasteiger partial charge is 0.360 e. The Balaban J connectivity index is 1.35. The van der Waals surface area contributed by atoms with E-state index in [9.17, 15) is 18.8 Å². The third kappa shape index (κ3) is 4.01. The van der Waals surface area contributed by atoms with E-state index in [-0.39, 0.29) is 47.3 Å². The van der Waals surface area contributed by atoms with Crippen molar-refractivity contribution >= 4 is 34.5 Å². The molecule has 2 aromatic heterocycles. The van der Waals surface area contributed by atoms with E-state index >= 15 is 0 Å². The average Bonchev–Trinajstić information content (AvgIpc) is 3.57. The van der Waals surface area contributed by atoms with Gasteiger partial charge in [0.25, 0.3) is 17.6 Å². The van der Waals surface area contributed by atoms with Crippen LogP contribution in [0.15, 0.2) is 53.2 Å².